The van der Waals surface area contributed by atoms with Crippen molar-refractivity contribution in [3.63, 3.8) is 0 Å². The number of carbonyl (C=O) groups excluding carboxylic acids is 1. The van der Waals surface area contributed by atoms with Gasteiger partial charge >= 0.3 is 0 Å². The van der Waals surface area contributed by atoms with E-state index >= 15 is 0 Å². The predicted molar refractivity (Wildman–Crippen MR) is 111 cm³/mol. The number of benzene rings is 2. The maximum absolute atomic E-state index is 12.4. The summed E-state index contributed by atoms with van der Waals surface area (Å²) in [6, 6.07) is 13.4. The highest BCUT2D eigenvalue weighted by atomic mass is 16.5. The van der Waals surface area contributed by atoms with Crippen LogP contribution in [0.1, 0.15) is 51.3 Å². The van der Waals surface area contributed by atoms with Crippen LogP contribution in [-0.2, 0) is 10.2 Å². The molecule has 2 aromatic carbocycles. The molecule has 0 saturated carbocycles. The third kappa shape index (κ3) is 5.65. The summed E-state index contributed by atoms with van der Waals surface area (Å²) < 4.78 is 16.3. The fourth-order valence-electron chi connectivity index (χ4n) is 2.93. The summed E-state index contributed by atoms with van der Waals surface area (Å²) in [7, 11) is 3.20. The molecule has 1 N–H and O–H groups in total. The summed E-state index contributed by atoms with van der Waals surface area (Å²) in [5.41, 5.74) is 2.27. The molecular formula is C23H31NO4. The van der Waals surface area contributed by atoms with Gasteiger partial charge in [0.1, 0.15) is 5.75 Å². The Morgan fingerprint density at radius 2 is 1.64 bits per heavy atom. The van der Waals surface area contributed by atoms with Crippen LogP contribution in [0.15, 0.2) is 42.5 Å². The lowest BCUT2D eigenvalue weighted by Crippen LogP contribution is -2.32. The lowest BCUT2D eigenvalue weighted by atomic mass is 9.87. The average molecular weight is 386 g/mol. The Hall–Kier alpha value is -2.69. The number of hydrogen-bond donors (Lipinski definition) is 1. The number of carbonyl (C=O) groups is 1. The zero-order valence-corrected chi connectivity index (χ0v) is 17.7. The molecule has 0 saturated heterocycles. The van der Waals surface area contributed by atoms with Gasteiger partial charge in [0.2, 0.25) is 0 Å². The summed E-state index contributed by atoms with van der Waals surface area (Å²) in [6.45, 7) is 8.48. The normalized spacial score (nSPS) is 12.2. The van der Waals surface area contributed by atoms with E-state index < -0.39 is 0 Å². The molecule has 0 aromatic heterocycles. The third-order valence-corrected chi connectivity index (χ3v) is 4.64. The van der Waals surface area contributed by atoms with Crippen LogP contribution in [0, 0.1) is 0 Å². The quantitative estimate of drug-likeness (QED) is 0.719. The second-order valence-electron chi connectivity index (χ2n) is 7.71. The first kappa shape index (κ1) is 21.6. The summed E-state index contributed by atoms with van der Waals surface area (Å²) in [5, 5.41) is 3.02. The molecule has 5 nitrogen and oxygen atoms in total. The predicted octanol–water partition coefficient (Wildman–Crippen LogP) is 4.65. The fraction of sp³-hybridized carbons (Fsp3) is 0.435. The molecule has 0 fully saturated rings. The van der Waals surface area contributed by atoms with Gasteiger partial charge in [-0.05, 0) is 47.2 Å². The molecule has 1 amide bonds. The number of amides is 1. The summed E-state index contributed by atoms with van der Waals surface area (Å²) in [4.78, 5) is 12.4. The Labute approximate surface area is 168 Å². The lowest BCUT2D eigenvalue weighted by Gasteiger charge is -2.20. The Morgan fingerprint density at radius 1 is 1.00 bits per heavy atom. The number of rotatable bonds is 8. The molecule has 1 unspecified atom stereocenters. The van der Waals surface area contributed by atoms with Crippen molar-refractivity contribution in [3.8, 4) is 17.2 Å². The third-order valence-electron chi connectivity index (χ3n) is 4.64. The van der Waals surface area contributed by atoms with Gasteiger partial charge in [0.25, 0.3) is 5.91 Å². The lowest BCUT2D eigenvalue weighted by molar-refractivity contribution is -0.123. The molecule has 0 radical (unpaired) electrons. The molecule has 0 aliphatic rings. The smallest absolute Gasteiger partial charge is 0.258 e. The molecule has 28 heavy (non-hydrogen) atoms. The molecule has 2 rings (SSSR count). The van der Waals surface area contributed by atoms with Crippen LogP contribution in [0.4, 0.5) is 0 Å². The number of methoxy groups -OCH3 is 2. The highest BCUT2D eigenvalue weighted by Gasteiger charge is 2.16. The minimum absolute atomic E-state index is 0.0291. The zero-order chi connectivity index (χ0) is 20.7. The molecule has 2 aromatic rings. The second-order valence-corrected chi connectivity index (χ2v) is 7.71. The highest BCUT2D eigenvalue weighted by molar-refractivity contribution is 5.78. The zero-order valence-electron chi connectivity index (χ0n) is 17.7. The molecule has 5 heteroatoms. The van der Waals surface area contributed by atoms with Crippen molar-refractivity contribution in [2.45, 2.75) is 45.6 Å². The summed E-state index contributed by atoms with van der Waals surface area (Å²) >= 11 is 0. The molecule has 1 atom stereocenters. The minimum atomic E-state index is -0.165. The van der Waals surface area contributed by atoms with Crippen LogP contribution >= 0.6 is 0 Å². The topological polar surface area (TPSA) is 56.8 Å². The summed E-state index contributed by atoms with van der Waals surface area (Å²) in [5.74, 6) is 1.82. The number of nitrogens with one attached hydrogen (secondary N) is 1. The van der Waals surface area contributed by atoms with Crippen molar-refractivity contribution >= 4 is 5.91 Å². The largest absolute Gasteiger partial charge is 0.493 e. The van der Waals surface area contributed by atoms with Crippen molar-refractivity contribution in [2.75, 3.05) is 20.8 Å². The van der Waals surface area contributed by atoms with Crippen molar-refractivity contribution in [3.05, 3.63) is 53.6 Å². The van der Waals surface area contributed by atoms with E-state index in [1.165, 1.54) is 5.56 Å². The van der Waals surface area contributed by atoms with E-state index in [4.69, 9.17) is 14.2 Å². The van der Waals surface area contributed by atoms with E-state index in [-0.39, 0.29) is 24.0 Å². The fourth-order valence-corrected chi connectivity index (χ4v) is 2.93. The van der Waals surface area contributed by atoms with Gasteiger partial charge in [0.05, 0.1) is 20.3 Å². The number of hydrogen-bond acceptors (Lipinski definition) is 4. The SMILES string of the molecule is CCC(NC(=O)COc1ccc(C(C)(C)C)cc1)c1ccc(OC)c(OC)c1. The highest BCUT2D eigenvalue weighted by Crippen LogP contribution is 2.31. The molecule has 0 bridgehead atoms. The Kier molecular flexibility index (Phi) is 7.32. The second kappa shape index (κ2) is 9.49. The van der Waals surface area contributed by atoms with Gasteiger partial charge in [-0.1, -0.05) is 45.9 Å². The van der Waals surface area contributed by atoms with E-state index in [0.29, 0.717) is 17.2 Å². The van der Waals surface area contributed by atoms with Crippen molar-refractivity contribution in [1.29, 1.82) is 0 Å². The Morgan fingerprint density at radius 3 is 2.18 bits per heavy atom. The maximum Gasteiger partial charge on any atom is 0.258 e. The Balaban J connectivity index is 1.97. The van der Waals surface area contributed by atoms with Gasteiger partial charge in [-0.3, -0.25) is 4.79 Å². The average Bonchev–Trinajstić information content (AvgIpc) is 2.69. The van der Waals surface area contributed by atoms with Gasteiger partial charge in [-0.15, -0.1) is 0 Å². The molecular weight excluding hydrogens is 354 g/mol. The van der Waals surface area contributed by atoms with Crippen LogP contribution in [0.3, 0.4) is 0 Å². The Bertz CT molecular complexity index is 778. The van der Waals surface area contributed by atoms with Crippen molar-refractivity contribution in [2.24, 2.45) is 0 Å². The van der Waals surface area contributed by atoms with Crippen LogP contribution in [0.5, 0.6) is 17.2 Å². The minimum Gasteiger partial charge on any atom is -0.493 e. The first-order valence-electron chi connectivity index (χ1n) is 9.53. The van der Waals surface area contributed by atoms with Crippen LogP contribution in [0.25, 0.3) is 0 Å². The monoisotopic (exact) mass is 385 g/mol. The van der Waals surface area contributed by atoms with E-state index in [1.807, 2.05) is 49.4 Å². The van der Waals surface area contributed by atoms with Gasteiger partial charge in [0, 0.05) is 0 Å². The van der Waals surface area contributed by atoms with Crippen molar-refractivity contribution in [1.82, 2.24) is 5.32 Å². The van der Waals surface area contributed by atoms with Gasteiger partial charge in [-0.25, -0.2) is 0 Å². The molecule has 0 aliphatic heterocycles. The van der Waals surface area contributed by atoms with Gasteiger partial charge in [0.15, 0.2) is 18.1 Å². The van der Waals surface area contributed by atoms with E-state index in [0.717, 1.165) is 12.0 Å². The molecule has 0 heterocycles. The summed E-state index contributed by atoms with van der Waals surface area (Å²) in [6.07, 6.45) is 0.751. The maximum atomic E-state index is 12.4. The molecule has 0 aliphatic carbocycles. The van der Waals surface area contributed by atoms with Gasteiger partial charge < -0.3 is 19.5 Å². The standard InChI is InChI=1S/C23H31NO4/c1-7-19(16-8-13-20(26-5)21(14-16)27-6)24-22(25)15-28-18-11-9-17(10-12-18)23(2,3)4/h8-14,19H,7,15H2,1-6H3,(H,24,25). The first-order chi connectivity index (χ1) is 13.3. The molecule has 152 valence electrons. The van der Waals surface area contributed by atoms with E-state index in [1.54, 1.807) is 14.2 Å². The van der Waals surface area contributed by atoms with Crippen molar-refractivity contribution < 1.29 is 19.0 Å². The van der Waals surface area contributed by atoms with Crippen LogP contribution < -0.4 is 19.5 Å². The molecule has 0 spiro atoms. The first-order valence-corrected chi connectivity index (χ1v) is 9.53. The van der Waals surface area contributed by atoms with E-state index in [9.17, 15) is 4.79 Å². The van der Waals surface area contributed by atoms with E-state index in [2.05, 4.69) is 26.1 Å². The van der Waals surface area contributed by atoms with Crippen LogP contribution in [0.2, 0.25) is 0 Å². The number of ether oxygens (including phenoxy) is 3. The van der Waals surface area contributed by atoms with Crippen LogP contribution in [-0.4, -0.2) is 26.7 Å². The van der Waals surface area contributed by atoms with Gasteiger partial charge in [-0.2, -0.15) is 0 Å².